The molecule has 6 N–H and O–H groups in total. The third-order valence-corrected chi connectivity index (χ3v) is 1.21. The Morgan fingerprint density at radius 1 is 1.00 bits per heavy atom. The topological polar surface area (TPSA) is 118 Å². The summed E-state index contributed by atoms with van der Waals surface area (Å²) in [5, 5.41) is 0. The van der Waals surface area contributed by atoms with Gasteiger partial charge < -0.3 is 11.5 Å². The van der Waals surface area contributed by atoms with Gasteiger partial charge in [-0.2, -0.15) is 0 Å². The molecular formula is C8H24N2O3Ti. The first-order chi connectivity index (χ1) is 6.56. The van der Waals surface area contributed by atoms with Gasteiger partial charge in [-0.1, -0.05) is 26.7 Å². The molecule has 5 nitrogen and oxygen atoms in total. The average molecular weight is 244 g/mol. The molecule has 0 spiro atoms. The average Bonchev–Trinajstić information content (AvgIpc) is 2.07. The number of unbranched alkanes of at least 4 members (excludes halogenated alkanes) is 2. The fraction of sp³-hybridized carbons (Fsp3) is 1.00. The molecule has 0 fully saturated rings. The zero-order chi connectivity index (χ0) is 11.8. The maximum atomic E-state index is 8.58. The Balaban J connectivity index is -0.000000131. The molecule has 0 atom stereocenters. The Morgan fingerprint density at radius 3 is 1.21 bits per heavy atom. The first-order valence-corrected chi connectivity index (χ1v) is 6.94. The molecule has 0 heterocycles. The monoisotopic (exact) mass is 244 g/mol. The summed E-state index contributed by atoms with van der Waals surface area (Å²) < 4.78 is 25.8. The van der Waals surface area contributed by atoms with Crippen LogP contribution < -0.4 is 18.8 Å². The summed E-state index contributed by atoms with van der Waals surface area (Å²) >= 11 is -4.08. The zero-order valence-electron chi connectivity index (χ0n) is 9.38. The van der Waals surface area contributed by atoms with Crippen molar-refractivity contribution in [3.63, 3.8) is 0 Å². The van der Waals surface area contributed by atoms with Gasteiger partial charge >= 0.3 is 29.3 Å². The van der Waals surface area contributed by atoms with E-state index in [0.29, 0.717) is 0 Å². The molecule has 0 aliphatic heterocycles. The fourth-order valence-corrected chi connectivity index (χ4v) is 0.500. The van der Waals surface area contributed by atoms with Crippen molar-refractivity contribution in [1.82, 2.24) is 0 Å². The van der Waals surface area contributed by atoms with Crippen LogP contribution in [0, 0.1) is 0 Å². The molecule has 0 aromatic heterocycles. The van der Waals surface area contributed by atoms with Crippen LogP contribution in [0.3, 0.4) is 0 Å². The van der Waals surface area contributed by atoms with E-state index in [2.05, 4.69) is 25.3 Å². The van der Waals surface area contributed by atoms with Gasteiger partial charge in [0, 0.05) is 0 Å². The Labute approximate surface area is 93.6 Å². The molecule has 0 rings (SSSR count). The summed E-state index contributed by atoms with van der Waals surface area (Å²) in [6.07, 6.45) is 5.12. The molecule has 6 heteroatoms. The van der Waals surface area contributed by atoms with Gasteiger partial charge in [0.25, 0.3) is 0 Å². The van der Waals surface area contributed by atoms with Crippen molar-refractivity contribution in [3.8, 4) is 0 Å². The van der Waals surface area contributed by atoms with E-state index in [9.17, 15) is 0 Å². The van der Waals surface area contributed by atoms with Crippen molar-refractivity contribution in [1.29, 1.82) is 0 Å². The van der Waals surface area contributed by atoms with Crippen LogP contribution in [-0.2, 0) is 21.9 Å². The molecule has 0 radical (unpaired) electrons. The molecule has 88 valence electrons. The van der Waals surface area contributed by atoms with Gasteiger partial charge in [-0.3, -0.25) is 0 Å². The van der Waals surface area contributed by atoms with Crippen molar-refractivity contribution < 1.29 is 40.8 Å². The second-order valence-corrected chi connectivity index (χ2v) is 3.44. The molecule has 0 saturated heterocycles. The second-order valence-electron chi connectivity index (χ2n) is 2.66. The number of rotatable bonds is 4. The molecule has 0 amide bonds. The fourth-order valence-electron chi connectivity index (χ4n) is 0.500. The molecule has 0 aromatic rings. The molecule has 0 aliphatic carbocycles. The summed E-state index contributed by atoms with van der Waals surface area (Å²) in [6, 6.07) is 0. The first-order valence-electron chi connectivity index (χ1n) is 5.03. The maximum absolute atomic E-state index is 8.58. The molecule has 0 saturated carbocycles. The first kappa shape index (κ1) is 19.9. The quantitative estimate of drug-likeness (QED) is 0.534. The van der Waals surface area contributed by atoms with Gasteiger partial charge in [0.15, 0.2) is 0 Å². The van der Waals surface area contributed by atoms with E-state index in [1.54, 1.807) is 0 Å². The predicted octanol–water partition coefficient (Wildman–Crippen LogP) is -2.44. The van der Waals surface area contributed by atoms with Crippen molar-refractivity contribution >= 4 is 0 Å². The minimum atomic E-state index is -4.08. The third-order valence-electron chi connectivity index (χ3n) is 1.21. The van der Waals surface area contributed by atoms with Crippen LogP contribution >= 0.6 is 0 Å². The summed E-state index contributed by atoms with van der Waals surface area (Å²) in [4.78, 5) is 0. The molecule has 0 unspecified atom stereocenters. The zero-order valence-corrected chi connectivity index (χ0v) is 10.9. The van der Waals surface area contributed by atoms with E-state index in [-0.39, 0.29) is 0 Å². The molecule has 0 aromatic carbocycles. The van der Waals surface area contributed by atoms with Crippen molar-refractivity contribution in [2.24, 2.45) is 0 Å². The SMILES string of the molecule is CCCC[NH3+].CCCC[NH3+].[O]=[Ti]([O-])[O-]. The van der Waals surface area contributed by atoms with Crippen molar-refractivity contribution in [3.05, 3.63) is 0 Å². The van der Waals surface area contributed by atoms with Gasteiger partial charge in [0.1, 0.15) is 0 Å². The van der Waals surface area contributed by atoms with E-state index in [0.717, 1.165) is 13.1 Å². The van der Waals surface area contributed by atoms with E-state index < -0.39 is 18.6 Å². The third kappa shape index (κ3) is 84.0. The Hall–Kier alpha value is 0.354. The molecule has 0 aliphatic rings. The second kappa shape index (κ2) is 23.3. The van der Waals surface area contributed by atoms with Crippen LogP contribution in [0.25, 0.3) is 0 Å². The number of quaternary nitrogens is 2. The summed E-state index contributed by atoms with van der Waals surface area (Å²) in [5.41, 5.74) is 7.35. The predicted molar refractivity (Wildman–Crippen MR) is 46.0 cm³/mol. The summed E-state index contributed by atoms with van der Waals surface area (Å²) in [5.74, 6) is 0. The van der Waals surface area contributed by atoms with Crippen LogP contribution in [0.1, 0.15) is 39.5 Å². The van der Waals surface area contributed by atoms with Gasteiger partial charge in [-0.05, 0) is 12.8 Å². The Morgan fingerprint density at radius 2 is 1.21 bits per heavy atom. The van der Waals surface area contributed by atoms with Gasteiger partial charge in [-0.15, -0.1) is 0 Å². The summed E-state index contributed by atoms with van der Waals surface area (Å²) in [6.45, 7) is 6.53. The number of hydrogen-bond acceptors (Lipinski definition) is 3. The molecule has 0 bridgehead atoms. The van der Waals surface area contributed by atoms with Crippen LogP contribution in [0.15, 0.2) is 0 Å². The van der Waals surface area contributed by atoms with Gasteiger partial charge in [0.05, 0.1) is 13.1 Å². The van der Waals surface area contributed by atoms with E-state index >= 15 is 0 Å². The van der Waals surface area contributed by atoms with E-state index in [4.69, 9.17) is 10.7 Å². The molecular weight excluding hydrogens is 220 g/mol. The van der Waals surface area contributed by atoms with Crippen LogP contribution in [-0.4, -0.2) is 13.1 Å². The number of hydrogen-bond donors (Lipinski definition) is 2. The van der Waals surface area contributed by atoms with Crippen molar-refractivity contribution in [2.75, 3.05) is 13.1 Å². The molecule has 14 heavy (non-hydrogen) atoms. The van der Waals surface area contributed by atoms with Crippen molar-refractivity contribution in [2.45, 2.75) is 39.5 Å². The van der Waals surface area contributed by atoms with Gasteiger partial charge in [-0.25, -0.2) is 0 Å². The van der Waals surface area contributed by atoms with Crippen LogP contribution in [0.5, 0.6) is 0 Å². The Bertz CT molecular complexity index is 90.6. The summed E-state index contributed by atoms with van der Waals surface area (Å²) in [7, 11) is 0. The van der Waals surface area contributed by atoms with E-state index in [1.807, 2.05) is 0 Å². The van der Waals surface area contributed by atoms with Crippen LogP contribution in [0.2, 0.25) is 0 Å². The standard InChI is InChI=1S/2C4H11N.3O.Ti/c2*1-2-3-4-5;;;;/h2*2-5H2,1H3;;;;/q;;;2*-1;/p+2. The Kier molecular flexibility index (Phi) is 33.0. The van der Waals surface area contributed by atoms with Crippen LogP contribution in [0.4, 0.5) is 0 Å². The van der Waals surface area contributed by atoms with Gasteiger partial charge in [0.2, 0.25) is 0 Å². The van der Waals surface area contributed by atoms with E-state index in [1.165, 1.54) is 25.7 Å². The minimum absolute atomic E-state index is 1.09. The normalized spacial score (nSPS) is 7.86.